The third-order valence-electron chi connectivity index (χ3n) is 9.22. The minimum absolute atomic E-state index is 0.629. The average molecular weight is 615 g/mol. The van der Waals surface area contributed by atoms with Gasteiger partial charge in [0.25, 0.3) is 0 Å². The average Bonchev–Trinajstić information content (AvgIpc) is 3.69. The highest BCUT2D eigenvalue weighted by Crippen LogP contribution is 2.36. The molecule has 10 rings (SSSR count). The first-order valence-electron chi connectivity index (χ1n) is 16.0. The van der Waals surface area contributed by atoms with Crippen molar-refractivity contribution in [2.75, 3.05) is 0 Å². The van der Waals surface area contributed by atoms with Crippen molar-refractivity contribution in [3.63, 3.8) is 0 Å². The number of furan rings is 1. The van der Waals surface area contributed by atoms with Gasteiger partial charge in [-0.2, -0.15) is 0 Å². The molecule has 6 aromatic carbocycles. The van der Waals surface area contributed by atoms with Crippen molar-refractivity contribution >= 4 is 54.8 Å². The second-order valence-electron chi connectivity index (χ2n) is 12.1. The highest BCUT2D eigenvalue weighted by Gasteiger charge is 2.16. The first-order valence-corrected chi connectivity index (χ1v) is 16.0. The molecule has 0 bridgehead atoms. The molecular formula is C43H26N4O. The van der Waals surface area contributed by atoms with E-state index < -0.39 is 0 Å². The van der Waals surface area contributed by atoms with Crippen LogP contribution in [0.1, 0.15) is 0 Å². The van der Waals surface area contributed by atoms with Crippen LogP contribution >= 0.6 is 0 Å². The predicted molar refractivity (Wildman–Crippen MR) is 195 cm³/mol. The van der Waals surface area contributed by atoms with E-state index in [0.29, 0.717) is 11.5 Å². The second-order valence-corrected chi connectivity index (χ2v) is 12.1. The van der Waals surface area contributed by atoms with Crippen LogP contribution in [-0.4, -0.2) is 19.5 Å². The summed E-state index contributed by atoms with van der Waals surface area (Å²) in [6.45, 7) is 0. The minimum Gasteiger partial charge on any atom is -0.438 e. The highest BCUT2D eigenvalue weighted by molar-refractivity contribution is 6.10. The van der Waals surface area contributed by atoms with E-state index in [9.17, 15) is 0 Å². The number of aromatic nitrogens is 4. The summed E-state index contributed by atoms with van der Waals surface area (Å²) in [5.74, 6) is 0.655. The van der Waals surface area contributed by atoms with Gasteiger partial charge in [0.05, 0.1) is 27.9 Å². The summed E-state index contributed by atoms with van der Waals surface area (Å²) in [5, 5.41) is 5.54. The molecule has 0 aliphatic heterocycles. The molecule has 0 amide bonds. The van der Waals surface area contributed by atoms with Crippen molar-refractivity contribution in [1.29, 1.82) is 0 Å². The van der Waals surface area contributed by atoms with Gasteiger partial charge in [0.15, 0.2) is 5.82 Å². The molecule has 10 aromatic rings. The summed E-state index contributed by atoms with van der Waals surface area (Å²) in [5.41, 5.74) is 10.5. The van der Waals surface area contributed by atoms with Crippen molar-refractivity contribution in [2.45, 2.75) is 0 Å². The van der Waals surface area contributed by atoms with Gasteiger partial charge in [0, 0.05) is 49.3 Å². The van der Waals surface area contributed by atoms with E-state index in [1.807, 2.05) is 48.5 Å². The van der Waals surface area contributed by atoms with Gasteiger partial charge in [0.1, 0.15) is 5.58 Å². The van der Waals surface area contributed by atoms with Gasteiger partial charge in [-0.25, -0.2) is 15.0 Å². The molecule has 5 heteroatoms. The fourth-order valence-corrected chi connectivity index (χ4v) is 6.90. The first kappa shape index (κ1) is 26.6. The van der Waals surface area contributed by atoms with Crippen LogP contribution in [-0.2, 0) is 0 Å². The van der Waals surface area contributed by atoms with Crippen molar-refractivity contribution < 1.29 is 4.42 Å². The standard InChI is InChI=1S/C43H26N4O/c1-2-10-27(11-3-1)37-26-38(28-18-21-31(22-19-28)47-39-16-8-5-13-32(39)33-14-6-9-17-40(33)47)45-42(44-37)30-20-23-41-34(25-30)35-24-29-12-4-7-15-36(29)46-43(35)48-41/h1-26H. The molecule has 0 aliphatic carbocycles. The van der Waals surface area contributed by atoms with E-state index >= 15 is 0 Å². The van der Waals surface area contributed by atoms with E-state index in [1.54, 1.807) is 0 Å². The lowest BCUT2D eigenvalue weighted by Crippen LogP contribution is -1.97. The largest absolute Gasteiger partial charge is 0.438 e. The second kappa shape index (κ2) is 10.5. The van der Waals surface area contributed by atoms with Crippen LogP contribution in [0.5, 0.6) is 0 Å². The summed E-state index contributed by atoms with van der Waals surface area (Å²) in [7, 11) is 0. The Hall–Kier alpha value is -6.59. The van der Waals surface area contributed by atoms with Gasteiger partial charge in [-0.1, -0.05) is 97.1 Å². The van der Waals surface area contributed by atoms with Crippen molar-refractivity contribution in [3.05, 3.63) is 158 Å². The summed E-state index contributed by atoms with van der Waals surface area (Å²) in [6.07, 6.45) is 0. The van der Waals surface area contributed by atoms with Crippen LogP contribution in [0.15, 0.2) is 162 Å². The molecular weight excluding hydrogens is 589 g/mol. The Morgan fingerprint density at radius 3 is 1.81 bits per heavy atom. The molecule has 224 valence electrons. The van der Waals surface area contributed by atoms with Gasteiger partial charge in [-0.3, -0.25) is 0 Å². The molecule has 0 spiro atoms. The van der Waals surface area contributed by atoms with E-state index in [2.05, 4.69) is 114 Å². The molecule has 0 radical (unpaired) electrons. The monoisotopic (exact) mass is 614 g/mol. The number of benzene rings is 6. The van der Waals surface area contributed by atoms with Crippen LogP contribution in [0.4, 0.5) is 0 Å². The molecule has 4 heterocycles. The Balaban J connectivity index is 1.12. The van der Waals surface area contributed by atoms with Crippen molar-refractivity contribution in [3.8, 4) is 39.6 Å². The summed E-state index contributed by atoms with van der Waals surface area (Å²) >= 11 is 0. The van der Waals surface area contributed by atoms with E-state index in [1.165, 1.54) is 21.8 Å². The summed E-state index contributed by atoms with van der Waals surface area (Å²) in [6, 6.07) is 54.6. The lowest BCUT2D eigenvalue weighted by Gasteiger charge is -2.11. The SMILES string of the molecule is c1ccc(-c2cc(-c3ccc(-n4c5ccccc5c5ccccc54)cc3)nc(-c3ccc4oc5nc6ccccc6cc5c4c3)n2)cc1. The number of pyridine rings is 1. The Morgan fingerprint density at radius 2 is 1.06 bits per heavy atom. The zero-order chi connectivity index (χ0) is 31.6. The number of hydrogen-bond acceptors (Lipinski definition) is 4. The maximum atomic E-state index is 6.18. The van der Waals surface area contributed by atoms with Crippen LogP contribution in [0, 0.1) is 0 Å². The minimum atomic E-state index is 0.629. The maximum Gasteiger partial charge on any atom is 0.227 e. The van der Waals surface area contributed by atoms with Crippen LogP contribution in [0.2, 0.25) is 0 Å². The number of rotatable bonds is 4. The maximum absolute atomic E-state index is 6.18. The molecule has 0 saturated heterocycles. The number of para-hydroxylation sites is 3. The molecule has 0 N–H and O–H groups in total. The van der Waals surface area contributed by atoms with Gasteiger partial charge < -0.3 is 8.98 Å². The summed E-state index contributed by atoms with van der Waals surface area (Å²) in [4.78, 5) is 15.0. The molecule has 48 heavy (non-hydrogen) atoms. The van der Waals surface area contributed by atoms with E-state index in [4.69, 9.17) is 19.4 Å². The summed E-state index contributed by atoms with van der Waals surface area (Å²) < 4.78 is 8.51. The van der Waals surface area contributed by atoms with Gasteiger partial charge in [-0.05, 0) is 60.7 Å². The highest BCUT2D eigenvalue weighted by atomic mass is 16.3. The Labute approximate surface area is 275 Å². The quantitative estimate of drug-likeness (QED) is 0.198. The lowest BCUT2D eigenvalue weighted by atomic mass is 10.0. The molecule has 0 fully saturated rings. The molecule has 0 unspecified atom stereocenters. The van der Waals surface area contributed by atoms with E-state index in [0.717, 1.165) is 61.0 Å². The van der Waals surface area contributed by atoms with Crippen LogP contribution in [0.3, 0.4) is 0 Å². The number of hydrogen-bond donors (Lipinski definition) is 0. The van der Waals surface area contributed by atoms with Gasteiger partial charge in [0.2, 0.25) is 5.71 Å². The normalized spacial score (nSPS) is 11.8. The Morgan fingerprint density at radius 1 is 0.438 bits per heavy atom. The fourth-order valence-electron chi connectivity index (χ4n) is 6.90. The number of fused-ring (bicyclic) bond motifs is 7. The first-order chi connectivity index (χ1) is 23.8. The predicted octanol–water partition coefficient (Wildman–Crippen LogP) is 11.0. The fraction of sp³-hybridized carbons (Fsp3) is 0. The molecule has 0 saturated carbocycles. The van der Waals surface area contributed by atoms with Crippen LogP contribution < -0.4 is 0 Å². The van der Waals surface area contributed by atoms with Crippen LogP contribution in [0.25, 0.3) is 94.4 Å². The third-order valence-corrected chi connectivity index (χ3v) is 9.22. The lowest BCUT2D eigenvalue weighted by molar-refractivity contribution is 0.656. The van der Waals surface area contributed by atoms with Crippen molar-refractivity contribution in [2.24, 2.45) is 0 Å². The number of nitrogens with zero attached hydrogens (tertiary/aromatic N) is 4. The van der Waals surface area contributed by atoms with Gasteiger partial charge >= 0.3 is 0 Å². The zero-order valence-corrected chi connectivity index (χ0v) is 25.7. The smallest absolute Gasteiger partial charge is 0.227 e. The molecule has 5 nitrogen and oxygen atoms in total. The van der Waals surface area contributed by atoms with Gasteiger partial charge in [-0.15, -0.1) is 0 Å². The third kappa shape index (κ3) is 4.22. The Kier molecular flexibility index (Phi) is 5.81. The molecule has 0 atom stereocenters. The Bertz CT molecular complexity index is 2780. The molecule has 4 aromatic heterocycles. The molecule has 0 aliphatic rings. The van der Waals surface area contributed by atoms with E-state index in [-0.39, 0.29) is 0 Å². The van der Waals surface area contributed by atoms with Crippen molar-refractivity contribution in [1.82, 2.24) is 19.5 Å². The zero-order valence-electron chi connectivity index (χ0n) is 25.7. The topological polar surface area (TPSA) is 56.7 Å².